The highest BCUT2D eigenvalue weighted by Crippen LogP contribution is 2.35. The second-order valence-corrected chi connectivity index (χ2v) is 8.05. The Morgan fingerprint density at radius 1 is 1.00 bits per heavy atom. The van der Waals surface area contributed by atoms with Gasteiger partial charge in [0, 0.05) is 6.61 Å². The molecule has 0 aromatic heterocycles. The molecule has 0 saturated heterocycles. The second kappa shape index (κ2) is 10.6. The topological polar surface area (TPSA) is 32.3 Å². The molecule has 0 spiro atoms. The van der Waals surface area contributed by atoms with E-state index in [1.807, 2.05) is 0 Å². The van der Waals surface area contributed by atoms with Crippen LogP contribution in [-0.4, -0.2) is 18.3 Å². The van der Waals surface area contributed by atoms with Crippen LogP contribution in [0.5, 0.6) is 0 Å². The minimum Gasteiger partial charge on any atom is -0.396 e. The molecule has 2 N–H and O–H groups in total. The fourth-order valence-electron chi connectivity index (χ4n) is 4.20. The lowest BCUT2D eigenvalue weighted by atomic mass is 9.78. The highest BCUT2D eigenvalue weighted by molar-refractivity contribution is 5.45. The third kappa shape index (κ3) is 5.67. The van der Waals surface area contributed by atoms with Crippen molar-refractivity contribution >= 4 is 0 Å². The van der Waals surface area contributed by atoms with Crippen molar-refractivity contribution in [1.82, 2.24) is 5.32 Å². The Morgan fingerprint density at radius 2 is 1.67 bits per heavy atom. The third-order valence-corrected chi connectivity index (χ3v) is 5.65. The number of aliphatic hydroxyl groups is 1. The van der Waals surface area contributed by atoms with E-state index in [9.17, 15) is 0 Å². The zero-order chi connectivity index (χ0) is 19.7. The third-order valence-electron chi connectivity index (χ3n) is 5.65. The molecule has 0 unspecified atom stereocenters. The Morgan fingerprint density at radius 3 is 2.33 bits per heavy atom. The van der Waals surface area contributed by atoms with Crippen molar-refractivity contribution in [2.24, 2.45) is 5.92 Å². The van der Waals surface area contributed by atoms with Gasteiger partial charge in [-0.05, 0) is 67.8 Å². The zero-order valence-corrected chi connectivity index (χ0v) is 17.6. The summed E-state index contributed by atoms with van der Waals surface area (Å²) in [6.45, 7) is 10.3. The number of aliphatic hydroxyl groups excluding tert-OH is 1. The molecule has 0 heterocycles. The van der Waals surface area contributed by atoms with Crippen molar-refractivity contribution in [2.75, 3.05) is 13.2 Å². The second-order valence-electron chi connectivity index (χ2n) is 8.05. The zero-order valence-electron chi connectivity index (χ0n) is 17.6. The van der Waals surface area contributed by atoms with Crippen LogP contribution in [0.25, 0.3) is 0 Å². The molecule has 0 radical (unpaired) electrons. The van der Waals surface area contributed by atoms with E-state index in [4.69, 9.17) is 5.11 Å². The molecule has 0 saturated carbocycles. The monoisotopic (exact) mass is 367 g/mol. The molecular formula is C25H37NO. The minimum absolute atomic E-state index is 0.233. The first-order valence-corrected chi connectivity index (χ1v) is 10.5. The van der Waals surface area contributed by atoms with Crippen LogP contribution in [0.1, 0.15) is 68.7 Å². The van der Waals surface area contributed by atoms with E-state index in [0.29, 0.717) is 5.92 Å². The van der Waals surface area contributed by atoms with Gasteiger partial charge in [0.15, 0.2) is 0 Å². The van der Waals surface area contributed by atoms with E-state index in [0.717, 1.165) is 25.8 Å². The van der Waals surface area contributed by atoms with Gasteiger partial charge in [0.2, 0.25) is 0 Å². The largest absolute Gasteiger partial charge is 0.396 e. The average Bonchev–Trinajstić information content (AvgIpc) is 2.66. The van der Waals surface area contributed by atoms with Gasteiger partial charge in [0.25, 0.3) is 0 Å². The summed E-state index contributed by atoms with van der Waals surface area (Å²) < 4.78 is 0. The van der Waals surface area contributed by atoms with E-state index in [2.05, 4.69) is 81.5 Å². The molecule has 0 aliphatic rings. The van der Waals surface area contributed by atoms with Crippen LogP contribution in [0.2, 0.25) is 0 Å². The molecule has 0 aliphatic carbocycles. The lowest BCUT2D eigenvalue weighted by Gasteiger charge is -2.36. The molecule has 0 aliphatic heterocycles. The SMILES string of the molecule is CCC[C@@H](C)Cc1ccccc1[C@](C)(NCCCCO)c1ccccc1C. The van der Waals surface area contributed by atoms with Crippen LogP contribution >= 0.6 is 0 Å². The first-order valence-electron chi connectivity index (χ1n) is 10.5. The number of hydrogen-bond acceptors (Lipinski definition) is 2. The molecule has 2 nitrogen and oxygen atoms in total. The summed E-state index contributed by atoms with van der Waals surface area (Å²) in [4.78, 5) is 0. The number of aryl methyl sites for hydroxylation is 1. The summed E-state index contributed by atoms with van der Waals surface area (Å²) in [7, 11) is 0. The van der Waals surface area contributed by atoms with Crippen molar-refractivity contribution in [3.8, 4) is 0 Å². The van der Waals surface area contributed by atoms with Crippen molar-refractivity contribution in [2.45, 2.75) is 65.3 Å². The molecule has 27 heavy (non-hydrogen) atoms. The standard InChI is InChI=1S/C25H37NO/c1-5-12-20(2)19-22-14-7-9-16-24(22)25(4,26-17-10-11-18-27)23-15-8-6-13-21(23)3/h6-9,13-16,20,26-27H,5,10-12,17-19H2,1-4H3/t20-,25-/m1/s1. The van der Waals surface area contributed by atoms with Gasteiger partial charge in [-0.25, -0.2) is 0 Å². The van der Waals surface area contributed by atoms with Crippen LogP contribution in [0.4, 0.5) is 0 Å². The van der Waals surface area contributed by atoms with E-state index in [-0.39, 0.29) is 12.1 Å². The summed E-state index contributed by atoms with van der Waals surface area (Å²) in [6.07, 6.45) is 5.43. The molecule has 0 bridgehead atoms. The molecule has 2 aromatic rings. The summed E-state index contributed by atoms with van der Waals surface area (Å²) in [6, 6.07) is 17.6. The summed E-state index contributed by atoms with van der Waals surface area (Å²) in [5.74, 6) is 0.687. The van der Waals surface area contributed by atoms with Crippen molar-refractivity contribution < 1.29 is 5.11 Å². The Kier molecular flexibility index (Phi) is 8.53. The fourth-order valence-corrected chi connectivity index (χ4v) is 4.20. The first-order chi connectivity index (χ1) is 13.0. The van der Waals surface area contributed by atoms with Gasteiger partial charge in [0.1, 0.15) is 0 Å². The maximum Gasteiger partial charge on any atom is 0.0667 e. The van der Waals surface area contributed by atoms with Crippen LogP contribution < -0.4 is 5.32 Å². The van der Waals surface area contributed by atoms with Crippen LogP contribution in [-0.2, 0) is 12.0 Å². The fraction of sp³-hybridized carbons (Fsp3) is 0.520. The Balaban J connectivity index is 2.43. The predicted molar refractivity (Wildman–Crippen MR) is 116 cm³/mol. The predicted octanol–water partition coefficient (Wildman–Crippen LogP) is 5.60. The Hall–Kier alpha value is -1.64. The maximum absolute atomic E-state index is 9.14. The smallest absolute Gasteiger partial charge is 0.0667 e. The molecule has 2 aromatic carbocycles. The molecule has 0 fully saturated rings. The van der Waals surface area contributed by atoms with E-state index < -0.39 is 0 Å². The van der Waals surface area contributed by atoms with E-state index >= 15 is 0 Å². The molecular weight excluding hydrogens is 330 g/mol. The minimum atomic E-state index is -0.233. The summed E-state index contributed by atoms with van der Waals surface area (Å²) in [5, 5.41) is 13.0. The van der Waals surface area contributed by atoms with E-state index in [1.165, 1.54) is 35.1 Å². The van der Waals surface area contributed by atoms with Gasteiger partial charge in [-0.2, -0.15) is 0 Å². The summed E-state index contributed by atoms with van der Waals surface area (Å²) >= 11 is 0. The number of benzene rings is 2. The number of unbranched alkanes of at least 4 members (excludes halogenated alkanes) is 1. The lowest BCUT2D eigenvalue weighted by Crippen LogP contribution is -2.42. The highest BCUT2D eigenvalue weighted by atomic mass is 16.2. The van der Waals surface area contributed by atoms with Crippen molar-refractivity contribution in [3.63, 3.8) is 0 Å². The quantitative estimate of drug-likeness (QED) is 0.507. The number of rotatable bonds is 11. The van der Waals surface area contributed by atoms with Crippen LogP contribution in [0.15, 0.2) is 48.5 Å². The average molecular weight is 368 g/mol. The van der Waals surface area contributed by atoms with Gasteiger partial charge < -0.3 is 10.4 Å². The number of hydrogen-bond donors (Lipinski definition) is 2. The highest BCUT2D eigenvalue weighted by Gasteiger charge is 2.31. The molecule has 2 rings (SSSR count). The Bertz CT molecular complexity index is 696. The normalized spacial score (nSPS) is 14.7. The first kappa shape index (κ1) is 21.7. The van der Waals surface area contributed by atoms with Crippen LogP contribution in [0, 0.1) is 12.8 Å². The van der Waals surface area contributed by atoms with Gasteiger partial charge >= 0.3 is 0 Å². The van der Waals surface area contributed by atoms with Crippen molar-refractivity contribution in [3.05, 3.63) is 70.8 Å². The van der Waals surface area contributed by atoms with Crippen LogP contribution in [0.3, 0.4) is 0 Å². The summed E-state index contributed by atoms with van der Waals surface area (Å²) in [5.41, 5.74) is 5.24. The molecule has 2 atom stereocenters. The Labute approximate surface area is 166 Å². The van der Waals surface area contributed by atoms with E-state index in [1.54, 1.807) is 0 Å². The van der Waals surface area contributed by atoms with Gasteiger partial charge in [-0.15, -0.1) is 0 Å². The molecule has 0 amide bonds. The molecule has 2 heteroatoms. The van der Waals surface area contributed by atoms with Gasteiger partial charge in [-0.3, -0.25) is 0 Å². The van der Waals surface area contributed by atoms with Gasteiger partial charge in [-0.1, -0.05) is 75.2 Å². The van der Waals surface area contributed by atoms with Gasteiger partial charge in [0.05, 0.1) is 5.54 Å². The molecule has 148 valence electrons. The van der Waals surface area contributed by atoms with Crippen molar-refractivity contribution in [1.29, 1.82) is 0 Å². The number of nitrogens with one attached hydrogen (secondary N) is 1. The lowest BCUT2D eigenvalue weighted by molar-refractivity contribution is 0.280. The maximum atomic E-state index is 9.14.